The Balaban J connectivity index is 1.30. The quantitative estimate of drug-likeness (QED) is 0.303. The van der Waals surface area contributed by atoms with Crippen LogP contribution in [0.3, 0.4) is 0 Å². The minimum atomic E-state index is -0.911. The van der Waals surface area contributed by atoms with Crippen LogP contribution >= 0.6 is 0 Å². The topological polar surface area (TPSA) is 47.9 Å². The number of aliphatic hydroxyl groups excluding tert-OH is 1. The molecule has 0 aromatic carbocycles. The van der Waals surface area contributed by atoms with Gasteiger partial charge >= 0.3 is 0 Å². The van der Waals surface area contributed by atoms with E-state index in [1.165, 1.54) is 37.7 Å². The highest BCUT2D eigenvalue weighted by molar-refractivity contribution is 5.26. The Morgan fingerprint density at radius 3 is 2.42 bits per heavy atom. The van der Waals surface area contributed by atoms with Crippen molar-refractivity contribution in [3.63, 3.8) is 0 Å². The van der Waals surface area contributed by atoms with Crippen LogP contribution in [0.15, 0.2) is 47.3 Å². The Hall–Kier alpha value is -1.36. The maximum absolute atomic E-state index is 10.4. The van der Waals surface area contributed by atoms with Gasteiger partial charge < -0.3 is 19.3 Å². The van der Waals surface area contributed by atoms with Crippen LogP contribution in [-0.4, -0.2) is 30.9 Å². The van der Waals surface area contributed by atoms with Gasteiger partial charge in [-0.2, -0.15) is 0 Å². The molecule has 174 valence electrons. The Morgan fingerprint density at radius 1 is 1.03 bits per heavy atom. The van der Waals surface area contributed by atoms with E-state index in [-0.39, 0.29) is 0 Å². The highest BCUT2D eigenvalue weighted by Gasteiger charge is 2.23. The molecule has 0 spiro atoms. The maximum atomic E-state index is 10.4. The lowest BCUT2D eigenvalue weighted by Gasteiger charge is -2.29. The number of hydrogen-bond acceptors (Lipinski definition) is 4. The van der Waals surface area contributed by atoms with E-state index in [0.717, 1.165) is 42.9 Å². The fourth-order valence-electron chi connectivity index (χ4n) is 4.87. The van der Waals surface area contributed by atoms with Gasteiger partial charge in [0.25, 0.3) is 0 Å². The Bertz CT molecular complexity index is 669. The second-order valence-electron chi connectivity index (χ2n) is 9.33. The molecule has 3 rings (SSSR count). The smallest absolute Gasteiger partial charge is 0.180 e. The van der Waals surface area contributed by atoms with E-state index < -0.39 is 12.6 Å². The normalized spacial score (nSPS) is 25.3. The van der Waals surface area contributed by atoms with Crippen LogP contribution in [0.5, 0.6) is 0 Å². The number of ether oxygens (including phenoxy) is 3. The summed E-state index contributed by atoms with van der Waals surface area (Å²) in [5.41, 5.74) is 2.37. The highest BCUT2D eigenvalue weighted by atomic mass is 16.7. The molecule has 4 atom stereocenters. The summed E-state index contributed by atoms with van der Waals surface area (Å²) in [5.74, 6) is 3.09. The lowest BCUT2D eigenvalue weighted by molar-refractivity contribution is -0.209. The summed E-state index contributed by atoms with van der Waals surface area (Å²) in [6.07, 6.45) is 20.5. The van der Waals surface area contributed by atoms with E-state index in [4.69, 9.17) is 14.2 Å². The van der Waals surface area contributed by atoms with Crippen LogP contribution < -0.4 is 0 Å². The van der Waals surface area contributed by atoms with Crippen LogP contribution in [-0.2, 0) is 14.2 Å². The predicted molar refractivity (Wildman–Crippen MR) is 125 cm³/mol. The molecule has 0 radical (unpaired) electrons. The largest absolute Gasteiger partial charge is 0.492 e. The molecule has 4 nitrogen and oxygen atoms in total. The summed E-state index contributed by atoms with van der Waals surface area (Å²) in [5, 5.41) is 10.4. The first-order valence-corrected chi connectivity index (χ1v) is 12.4. The fourth-order valence-corrected chi connectivity index (χ4v) is 4.87. The monoisotopic (exact) mass is 430 g/mol. The zero-order valence-corrected chi connectivity index (χ0v) is 19.7. The molecule has 0 aromatic rings. The first-order valence-electron chi connectivity index (χ1n) is 12.4. The van der Waals surface area contributed by atoms with Crippen molar-refractivity contribution in [3.05, 3.63) is 47.3 Å². The van der Waals surface area contributed by atoms with Crippen molar-refractivity contribution in [2.45, 2.75) is 91.1 Å². The van der Waals surface area contributed by atoms with Crippen LogP contribution in [0.4, 0.5) is 0 Å². The third kappa shape index (κ3) is 7.62. The third-order valence-electron chi connectivity index (χ3n) is 7.16. The Labute approximate surface area is 189 Å². The zero-order chi connectivity index (χ0) is 22.1. The molecule has 3 unspecified atom stereocenters. The summed E-state index contributed by atoms with van der Waals surface area (Å²) < 4.78 is 17.2. The van der Waals surface area contributed by atoms with Crippen molar-refractivity contribution in [1.82, 2.24) is 0 Å². The molecular formula is C27H42O4. The van der Waals surface area contributed by atoms with Gasteiger partial charge in [-0.05, 0) is 80.9 Å². The molecule has 0 aliphatic heterocycles. The molecule has 1 N–H and O–H groups in total. The summed E-state index contributed by atoms with van der Waals surface area (Å²) in [6, 6.07) is 0. The van der Waals surface area contributed by atoms with Crippen molar-refractivity contribution in [1.29, 1.82) is 0 Å². The van der Waals surface area contributed by atoms with E-state index >= 15 is 0 Å². The predicted octanol–water partition coefficient (Wildman–Crippen LogP) is 6.43. The van der Waals surface area contributed by atoms with Crippen LogP contribution in [0.1, 0.15) is 78.6 Å². The van der Waals surface area contributed by atoms with Gasteiger partial charge in [-0.1, -0.05) is 56.9 Å². The zero-order valence-electron chi connectivity index (χ0n) is 19.7. The summed E-state index contributed by atoms with van der Waals surface area (Å²) >= 11 is 0. The molecule has 4 heteroatoms. The Kier molecular flexibility index (Phi) is 9.89. The molecule has 0 saturated heterocycles. The molecule has 0 bridgehead atoms. The van der Waals surface area contributed by atoms with Crippen molar-refractivity contribution in [2.24, 2.45) is 17.8 Å². The van der Waals surface area contributed by atoms with E-state index in [1.807, 2.05) is 13.0 Å². The van der Waals surface area contributed by atoms with Gasteiger partial charge in [-0.15, -0.1) is 0 Å². The minimum Gasteiger partial charge on any atom is -0.492 e. The van der Waals surface area contributed by atoms with E-state index in [2.05, 4.69) is 38.2 Å². The first kappa shape index (κ1) is 24.3. The van der Waals surface area contributed by atoms with Gasteiger partial charge in [0.2, 0.25) is 0 Å². The lowest BCUT2D eigenvalue weighted by Crippen LogP contribution is -2.25. The molecule has 31 heavy (non-hydrogen) atoms. The minimum absolute atomic E-state index is 0.433. The third-order valence-corrected chi connectivity index (χ3v) is 7.16. The highest BCUT2D eigenvalue weighted by Crippen LogP contribution is 2.35. The molecule has 3 aliphatic rings. The molecule has 0 heterocycles. The van der Waals surface area contributed by atoms with Crippen molar-refractivity contribution in [3.8, 4) is 0 Å². The SMILES string of the molecule is CCC(C)C1=CC=C(C(O)OC(C)OCCOC2=CC[C@H](C3CCCCC3)C=C2)CC1. The molecule has 1 saturated carbocycles. The summed E-state index contributed by atoms with van der Waals surface area (Å²) in [6.45, 7) is 7.20. The maximum Gasteiger partial charge on any atom is 0.180 e. The van der Waals surface area contributed by atoms with Gasteiger partial charge in [0, 0.05) is 0 Å². The van der Waals surface area contributed by atoms with Gasteiger partial charge in [-0.3, -0.25) is 0 Å². The van der Waals surface area contributed by atoms with Gasteiger partial charge in [0.15, 0.2) is 12.6 Å². The lowest BCUT2D eigenvalue weighted by atomic mass is 9.77. The first-order chi connectivity index (χ1) is 15.1. The molecule has 1 fully saturated rings. The van der Waals surface area contributed by atoms with Crippen LogP contribution in [0, 0.1) is 17.8 Å². The van der Waals surface area contributed by atoms with Crippen molar-refractivity contribution in [2.75, 3.05) is 13.2 Å². The fraction of sp³-hybridized carbons (Fsp3) is 0.704. The van der Waals surface area contributed by atoms with E-state index in [1.54, 1.807) is 0 Å². The van der Waals surface area contributed by atoms with Crippen molar-refractivity contribution < 1.29 is 19.3 Å². The number of hydrogen-bond donors (Lipinski definition) is 1. The second-order valence-corrected chi connectivity index (χ2v) is 9.33. The number of aliphatic hydroxyl groups is 1. The molecule has 3 aliphatic carbocycles. The number of rotatable bonds is 11. The second kappa shape index (κ2) is 12.6. The standard InChI is InChI=1S/C27H42O4/c1-4-20(2)22-10-12-25(13-11-22)27(28)31-21(3)29-18-19-30-26-16-14-24(15-17-26)23-8-6-5-7-9-23/h10,12,14,16-17,20-21,23-24,27-28H,4-9,11,13,15,18-19H2,1-3H3/t20?,21?,24-,27?/m1/s1. The summed E-state index contributed by atoms with van der Waals surface area (Å²) in [7, 11) is 0. The van der Waals surface area contributed by atoms with Gasteiger partial charge in [0.1, 0.15) is 12.4 Å². The van der Waals surface area contributed by atoms with Crippen molar-refractivity contribution >= 4 is 0 Å². The van der Waals surface area contributed by atoms with Gasteiger partial charge in [-0.25, -0.2) is 0 Å². The molecule has 0 amide bonds. The van der Waals surface area contributed by atoms with Crippen LogP contribution in [0.25, 0.3) is 0 Å². The summed E-state index contributed by atoms with van der Waals surface area (Å²) in [4.78, 5) is 0. The van der Waals surface area contributed by atoms with E-state index in [9.17, 15) is 5.11 Å². The Morgan fingerprint density at radius 2 is 1.77 bits per heavy atom. The average Bonchev–Trinajstić information content (AvgIpc) is 2.82. The average molecular weight is 431 g/mol. The van der Waals surface area contributed by atoms with E-state index in [0.29, 0.717) is 25.0 Å². The molecular weight excluding hydrogens is 388 g/mol. The van der Waals surface area contributed by atoms with Gasteiger partial charge in [0.05, 0.1) is 6.61 Å². The number of allylic oxidation sites excluding steroid dienone is 6. The molecule has 0 aromatic heterocycles. The van der Waals surface area contributed by atoms with Crippen LogP contribution in [0.2, 0.25) is 0 Å².